The minimum atomic E-state index is -1.35. The first-order chi connectivity index (χ1) is 29.4. The molecule has 0 spiro atoms. The van der Waals surface area contributed by atoms with Crippen LogP contribution in [0.3, 0.4) is 0 Å². The van der Waals surface area contributed by atoms with Crippen LogP contribution in [0.5, 0.6) is 0 Å². The summed E-state index contributed by atoms with van der Waals surface area (Å²) >= 11 is 0. The second kappa shape index (κ2) is 16.8. The van der Waals surface area contributed by atoms with Crippen molar-refractivity contribution in [3.63, 3.8) is 0 Å². The van der Waals surface area contributed by atoms with Crippen molar-refractivity contribution in [2.24, 2.45) is 11.0 Å². The Morgan fingerprint density at radius 2 is 1.70 bits per heavy atom. The van der Waals surface area contributed by atoms with Gasteiger partial charge in [0.25, 0.3) is 5.91 Å². The molecule has 0 bridgehead atoms. The Kier molecular flexibility index (Phi) is 11.2. The number of fused-ring (bicyclic) bond motifs is 3. The zero-order valence-corrected chi connectivity index (χ0v) is 33.8. The van der Waals surface area contributed by atoms with Gasteiger partial charge in [-0.3, -0.25) is 34.5 Å². The SMILES string of the molecule is C=C1NN=C2c3cc(-c4ccccc4)c(-c4ccc(C5(NC(=O)O[C@H](C)[C@H](CC(=O)[C@@H]6CCCN6C(=O)[C@@H](C)NC(=O)c6ccncc6)C(=O)O)CCC5)cc4)nc3C=CN12. The van der Waals surface area contributed by atoms with E-state index in [1.807, 2.05) is 71.8 Å². The molecule has 312 valence electrons. The smallest absolute Gasteiger partial charge is 0.408 e. The number of carbonyl (C=O) groups is 5. The van der Waals surface area contributed by atoms with E-state index in [4.69, 9.17) is 9.72 Å². The van der Waals surface area contributed by atoms with Gasteiger partial charge in [-0.25, -0.2) is 9.78 Å². The number of amidine groups is 1. The third-order valence-electron chi connectivity index (χ3n) is 12.0. The van der Waals surface area contributed by atoms with E-state index in [2.05, 4.69) is 38.8 Å². The van der Waals surface area contributed by atoms with Gasteiger partial charge in [-0.1, -0.05) is 61.2 Å². The maximum absolute atomic E-state index is 13.6. The lowest BCUT2D eigenvalue weighted by Gasteiger charge is -2.43. The monoisotopic (exact) mass is 822 g/mol. The van der Waals surface area contributed by atoms with Gasteiger partial charge < -0.3 is 25.4 Å². The zero-order chi connectivity index (χ0) is 42.8. The number of amides is 3. The standard InChI is InChI=1S/C46H46N8O7/c1-27(48-42(56)32-16-21-47-22-17-32)43(57)54-23-7-11-38(54)39(55)26-34(44(58)59)28(2)61-45(60)50-46(19-8-20-46)33-14-12-31(13-15-33)40-35(30-9-5-4-6-10-30)25-36-37(49-40)18-24-53-29(3)51-52-41(36)53/h4-6,9-10,12-18,21-22,24-25,27-28,34,38,51H,3,7-8,11,19-20,23,26H2,1-2H3,(H,48,56)(H,50,60)(H,58,59)/t27-,28-,34+,38+/m1/s1. The van der Waals surface area contributed by atoms with E-state index in [0.29, 0.717) is 43.6 Å². The number of rotatable bonds is 13. The number of likely N-dealkylation sites (tertiary alicyclic amines) is 1. The van der Waals surface area contributed by atoms with E-state index in [1.165, 1.54) is 36.4 Å². The fraction of sp³-hybridized carbons (Fsp3) is 0.304. The van der Waals surface area contributed by atoms with Crippen LogP contribution in [0.1, 0.15) is 79.6 Å². The summed E-state index contributed by atoms with van der Waals surface area (Å²) in [6.07, 6.45) is 7.43. The molecule has 2 fully saturated rings. The van der Waals surface area contributed by atoms with Crippen LogP contribution in [0.15, 0.2) is 109 Å². The van der Waals surface area contributed by atoms with Gasteiger partial charge in [0.2, 0.25) is 5.91 Å². The number of hydrogen-bond acceptors (Lipinski definition) is 11. The number of carbonyl (C=O) groups excluding carboxylic acids is 4. The van der Waals surface area contributed by atoms with Crippen molar-refractivity contribution >= 4 is 41.6 Å². The second-order valence-corrected chi connectivity index (χ2v) is 15.8. The van der Waals surface area contributed by atoms with Crippen LogP contribution in [0.25, 0.3) is 28.5 Å². The van der Waals surface area contributed by atoms with Crippen LogP contribution in [0.4, 0.5) is 4.79 Å². The molecule has 15 heteroatoms. The molecule has 0 radical (unpaired) electrons. The average molecular weight is 823 g/mol. The summed E-state index contributed by atoms with van der Waals surface area (Å²) in [5.74, 6) is -2.62. The first-order valence-corrected chi connectivity index (χ1v) is 20.4. The minimum Gasteiger partial charge on any atom is -0.481 e. The van der Waals surface area contributed by atoms with Crippen molar-refractivity contribution in [2.45, 2.75) is 76.1 Å². The summed E-state index contributed by atoms with van der Waals surface area (Å²) in [5.41, 5.74) is 8.64. The molecule has 1 saturated heterocycles. The van der Waals surface area contributed by atoms with E-state index in [-0.39, 0.29) is 0 Å². The molecule has 5 heterocycles. The number of benzene rings is 2. The molecule has 4 atom stereocenters. The predicted molar refractivity (Wildman–Crippen MR) is 226 cm³/mol. The molecule has 1 aliphatic carbocycles. The van der Waals surface area contributed by atoms with Crippen molar-refractivity contribution in [2.75, 3.05) is 6.54 Å². The number of pyridine rings is 2. The lowest BCUT2D eigenvalue weighted by molar-refractivity contribution is -0.148. The molecule has 0 unspecified atom stereocenters. The fourth-order valence-corrected chi connectivity index (χ4v) is 8.45. The molecule has 4 N–H and O–H groups in total. The Morgan fingerprint density at radius 1 is 0.967 bits per heavy atom. The van der Waals surface area contributed by atoms with E-state index in [1.54, 1.807) is 6.92 Å². The molecule has 2 aromatic heterocycles. The van der Waals surface area contributed by atoms with Gasteiger partial charge in [0, 0.05) is 53.8 Å². The summed E-state index contributed by atoms with van der Waals surface area (Å²) in [6, 6.07) is 21.3. The van der Waals surface area contributed by atoms with Crippen LogP contribution in [0, 0.1) is 5.92 Å². The zero-order valence-electron chi connectivity index (χ0n) is 33.8. The van der Waals surface area contributed by atoms with E-state index < -0.39 is 65.7 Å². The van der Waals surface area contributed by atoms with Gasteiger partial charge in [-0.15, -0.1) is 0 Å². The molecule has 4 aromatic rings. The Labute approximate surface area is 352 Å². The maximum Gasteiger partial charge on any atom is 0.408 e. The molecule has 2 aromatic carbocycles. The number of carboxylic acids is 1. The number of aliphatic carboxylic acids is 1. The Morgan fingerprint density at radius 3 is 2.39 bits per heavy atom. The molecule has 61 heavy (non-hydrogen) atoms. The van der Waals surface area contributed by atoms with Crippen molar-refractivity contribution in [1.29, 1.82) is 0 Å². The number of hydrazone groups is 1. The first-order valence-electron chi connectivity index (χ1n) is 20.4. The molecule has 4 aliphatic rings. The van der Waals surface area contributed by atoms with Gasteiger partial charge >= 0.3 is 12.1 Å². The normalized spacial score (nSPS) is 18.6. The summed E-state index contributed by atoms with van der Waals surface area (Å²) < 4.78 is 5.68. The highest BCUT2D eigenvalue weighted by Crippen LogP contribution is 2.43. The van der Waals surface area contributed by atoms with Gasteiger partial charge in [-0.2, -0.15) is 5.10 Å². The topological polar surface area (TPSA) is 196 Å². The lowest BCUT2D eigenvalue weighted by atomic mass is 9.71. The van der Waals surface area contributed by atoms with E-state index in [9.17, 15) is 29.1 Å². The summed E-state index contributed by atoms with van der Waals surface area (Å²) in [5, 5.41) is 20.4. The third-order valence-corrected chi connectivity index (χ3v) is 12.0. The molecule has 1 saturated carbocycles. The first kappa shape index (κ1) is 40.6. The van der Waals surface area contributed by atoms with Crippen LogP contribution in [0.2, 0.25) is 0 Å². The largest absolute Gasteiger partial charge is 0.481 e. The Bertz CT molecular complexity index is 2450. The number of aromatic nitrogens is 2. The lowest BCUT2D eigenvalue weighted by Crippen LogP contribution is -2.52. The quantitative estimate of drug-likeness (QED) is 0.127. The van der Waals surface area contributed by atoms with Crippen LogP contribution < -0.4 is 16.1 Å². The number of nitrogens with one attached hydrogen (secondary N) is 3. The summed E-state index contributed by atoms with van der Waals surface area (Å²) in [6.45, 7) is 7.32. The van der Waals surface area contributed by atoms with Gasteiger partial charge in [0.05, 0.1) is 23.0 Å². The highest BCUT2D eigenvalue weighted by atomic mass is 16.6. The number of nitrogens with zero attached hydrogens (tertiary/aromatic N) is 5. The summed E-state index contributed by atoms with van der Waals surface area (Å²) in [4.78, 5) is 78.0. The average Bonchev–Trinajstić information content (AvgIpc) is 3.91. The van der Waals surface area contributed by atoms with Gasteiger partial charge in [0.1, 0.15) is 23.9 Å². The Hall–Kier alpha value is -7.16. The molecule has 3 amide bonds. The molecular weight excluding hydrogens is 777 g/mol. The number of alkyl carbamates (subject to hydrolysis) is 1. The third kappa shape index (κ3) is 8.10. The van der Waals surface area contributed by atoms with Crippen LogP contribution in [-0.2, 0) is 24.7 Å². The minimum absolute atomic E-state index is 0.291. The second-order valence-electron chi connectivity index (χ2n) is 15.8. The highest BCUT2D eigenvalue weighted by molar-refractivity contribution is 6.07. The van der Waals surface area contributed by atoms with Crippen molar-refractivity contribution < 1.29 is 33.8 Å². The number of carboxylic acid groups (broad SMARTS) is 1. The van der Waals surface area contributed by atoms with E-state index >= 15 is 0 Å². The fourth-order valence-electron chi connectivity index (χ4n) is 8.45. The maximum atomic E-state index is 13.6. The van der Waals surface area contributed by atoms with Crippen molar-refractivity contribution in [3.05, 3.63) is 126 Å². The van der Waals surface area contributed by atoms with Crippen LogP contribution >= 0.6 is 0 Å². The summed E-state index contributed by atoms with van der Waals surface area (Å²) in [7, 11) is 0. The van der Waals surface area contributed by atoms with Crippen LogP contribution in [-0.4, -0.2) is 85.1 Å². The van der Waals surface area contributed by atoms with Gasteiger partial charge in [0.15, 0.2) is 11.6 Å². The highest BCUT2D eigenvalue weighted by Gasteiger charge is 2.43. The number of ketones is 1. The molecular formula is C46H46N8O7. The molecule has 15 nitrogen and oxygen atoms in total. The molecule has 3 aliphatic heterocycles. The predicted octanol–water partition coefficient (Wildman–Crippen LogP) is 5.80. The number of ether oxygens (including phenoxy) is 1. The Balaban J connectivity index is 0.932. The van der Waals surface area contributed by atoms with E-state index in [0.717, 1.165) is 51.5 Å². The van der Waals surface area contributed by atoms with Gasteiger partial charge in [-0.05, 0) is 81.4 Å². The number of hydrogen-bond donors (Lipinski definition) is 4. The van der Waals surface area contributed by atoms with Crippen molar-refractivity contribution in [3.8, 4) is 22.4 Å². The van der Waals surface area contributed by atoms with Crippen molar-refractivity contribution in [1.82, 2.24) is 35.8 Å². The number of Topliss-reactive ketones (excluding diaryl/α,β-unsaturated/α-hetero) is 1. The molecule has 8 rings (SSSR count).